The Bertz CT molecular complexity index is 577. The van der Waals surface area contributed by atoms with Gasteiger partial charge >= 0.3 is 0 Å². The third kappa shape index (κ3) is 1.73. The number of nitrogens with zero attached hydrogens (tertiary/aromatic N) is 2. The molecule has 0 atom stereocenters. The smallest absolute Gasteiger partial charge is 0.261 e. The molecule has 0 fully saturated rings. The molecule has 2 aromatic rings. The number of fused-ring (bicyclic) bond motifs is 1. The van der Waals surface area contributed by atoms with Crippen LogP contribution in [0.4, 0.5) is 0 Å². The van der Waals surface area contributed by atoms with E-state index in [2.05, 4.69) is 4.98 Å². The monoisotopic (exact) mass is 242 g/mol. The molecule has 0 saturated heterocycles. The molecule has 0 spiro atoms. The van der Waals surface area contributed by atoms with Gasteiger partial charge in [0.25, 0.3) is 5.56 Å². The highest BCUT2D eigenvalue weighted by molar-refractivity contribution is 6.30. The highest BCUT2D eigenvalue weighted by Crippen LogP contribution is 2.11. The molecule has 0 aliphatic carbocycles. The highest BCUT2D eigenvalue weighted by atomic mass is 35.5. The highest BCUT2D eigenvalue weighted by Gasteiger charge is 2.07. The Labute approximate surface area is 96.3 Å². The number of hydrogen-bond donors (Lipinski definition) is 0. The van der Waals surface area contributed by atoms with Crippen molar-refractivity contribution >= 4 is 28.8 Å². The lowest BCUT2D eigenvalue weighted by molar-refractivity contribution is 0.976. The van der Waals surface area contributed by atoms with Gasteiger partial charge in [0.2, 0.25) is 0 Å². The first-order valence-corrected chi connectivity index (χ1v) is 5.28. The topological polar surface area (TPSA) is 34.4 Å². The summed E-state index contributed by atoms with van der Waals surface area (Å²) in [6, 6.07) is 3.38. The fourth-order valence-electron chi connectivity index (χ4n) is 1.38. The van der Waals surface area contributed by atoms with E-state index >= 15 is 0 Å². The van der Waals surface area contributed by atoms with Crippen molar-refractivity contribution in [3.63, 3.8) is 0 Å². The molecule has 5 heteroatoms. The van der Waals surface area contributed by atoms with Crippen molar-refractivity contribution in [3.05, 3.63) is 45.0 Å². The quantitative estimate of drug-likeness (QED) is 0.720. The van der Waals surface area contributed by atoms with Crippen LogP contribution in [0.2, 0.25) is 5.02 Å². The molecule has 3 nitrogen and oxygen atoms in total. The first-order chi connectivity index (χ1) is 7.13. The van der Waals surface area contributed by atoms with Crippen LogP contribution in [-0.4, -0.2) is 9.38 Å². The standard InChI is InChI=1S/C10H8Cl2N2O/c1-6-8(4-11)13-9-3-2-7(12)5-14(9)10(6)15/h2-3,5H,4H2,1H3. The lowest BCUT2D eigenvalue weighted by Gasteiger charge is -2.05. The van der Waals surface area contributed by atoms with Crippen LogP contribution in [0.1, 0.15) is 11.3 Å². The summed E-state index contributed by atoms with van der Waals surface area (Å²) in [5.41, 5.74) is 1.61. The molecule has 2 aromatic heterocycles. The van der Waals surface area contributed by atoms with E-state index in [0.29, 0.717) is 21.9 Å². The minimum Gasteiger partial charge on any atom is -0.269 e. The summed E-state index contributed by atoms with van der Waals surface area (Å²) in [7, 11) is 0. The molecule has 2 rings (SSSR count). The molecule has 0 bridgehead atoms. The van der Waals surface area contributed by atoms with Gasteiger partial charge in [0.05, 0.1) is 16.6 Å². The minimum absolute atomic E-state index is 0.127. The van der Waals surface area contributed by atoms with Gasteiger partial charge in [-0.3, -0.25) is 9.20 Å². The second kappa shape index (κ2) is 3.83. The molecule has 0 aromatic carbocycles. The predicted octanol–water partition coefficient (Wildman–Crippen LogP) is 2.40. The van der Waals surface area contributed by atoms with Crippen molar-refractivity contribution < 1.29 is 0 Å². The maximum absolute atomic E-state index is 11.9. The number of alkyl halides is 1. The first kappa shape index (κ1) is 10.5. The molecular formula is C10H8Cl2N2O. The molecular weight excluding hydrogens is 235 g/mol. The molecule has 78 valence electrons. The second-order valence-corrected chi connectivity index (χ2v) is 3.90. The normalized spacial score (nSPS) is 10.9. The van der Waals surface area contributed by atoms with E-state index in [1.54, 1.807) is 25.3 Å². The third-order valence-corrected chi connectivity index (χ3v) is 2.72. The SMILES string of the molecule is Cc1c(CCl)nc2ccc(Cl)cn2c1=O. The summed E-state index contributed by atoms with van der Waals surface area (Å²) < 4.78 is 1.42. The largest absolute Gasteiger partial charge is 0.269 e. The number of rotatable bonds is 1. The van der Waals surface area contributed by atoms with Gasteiger partial charge in [0, 0.05) is 11.8 Å². The van der Waals surface area contributed by atoms with Gasteiger partial charge in [-0.15, -0.1) is 11.6 Å². The Kier molecular flexibility index (Phi) is 2.67. The van der Waals surface area contributed by atoms with Crippen LogP contribution in [0, 0.1) is 6.92 Å². The van der Waals surface area contributed by atoms with Gasteiger partial charge in [-0.05, 0) is 19.1 Å². The number of halogens is 2. The Hall–Kier alpha value is -1.06. The molecule has 0 N–H and O–H groups in total. The molecule has 0 unspecified atom stereocenters. The Morgan fingerprint density at radius 3 is 2.87 bits per heavy atom. The number of aromatic nitrogens is 2. The maximum atomic E-state index is 11.9. The van der Waals surface area contributed by atoms with E-state index in [1.165, 1.54) is 4.40 Å². The zero-order valence-corrected chi connectivity index (χ0v) is 9.51. The van der Waals surface area contributed by atoms with Gasteiger partial charge in [-0.1, -0.05) is 11.6 Å². The number of hydrogen-bond acceptors (Lipinski definition) is 2. The van der Waals surface area contributed by atoms with E-state index in [9.17, 15) is 4.79 Å². The summed E-state index contributed by atoms with van der Waals surface area (Å²) in [6.07, 6.45) is 1.55. The van der Waals surface area contributed by atoms with Crippen LogP contribution in [0.15, 0.2) is 23.1 Å². The fourth-order valence-corrected chi connectivity index (χ4v) is 1.80. The minimum atomic E-state index is -0.127. The van der Waals surface area contributed by atoms with Crippen LogP contribution >= 0.6 is 23.2 Å². The van der Waals surface area contributed by atoms with E-state index in [4.69, 9.17) is 23.2 Å². The predicted molar refractivity (Wildman–Crippen MR) is 60.8 cm³/mol. The van der Waals surface area contributed by atoms with Crippen LogP contribution in [0.3, 0.4) is 0 Å². The maximum Gasteiger partial charge on any atom is 0.261 e. The molecule has 0 radical (unpaired) electrons. The van der Waals surface area contributed by atoms with Crippen molar-refractivity contribution in [2.75, 3.05) is 0 Å². The van der Waals surface area contributed by atoms with Gasteiger partial charge < -0.3 is 0 Å². The van der Waals surface area contributed by atoms with Gasteiger partial charge in [-0.2, -0.15) is 0 Å². The van der Waals surface area contributed by atoms with E-state index in [1.807, 2.05) is 0 Å². The molecule has 0 aliphatic rings. The van der Waals surface area contributed by atoms with Crippen molar-refractivity contribution in [2.24, 2.45) is 0 Å². The summed E-state index contributed by atoms with van der Waals surface area (Å²) in [6.45, 7) is 1.71. The summed E-state index contributed by atoms with van der Waals surface area (Å²) in [4.78, 5) is 16.1. The van der Waals surface area contributed by atoms with Crippen molar-refractivity contribution in [3.8, 4) is 0 Å². The lowest BCUT2D eigenvalue weighted by Crippen LogP contribution is -2.19. The van der Waals surface area contributed by atoms with Crippen molar-refractivity contribution in [1.29, 1.82) is 0 Å². The third-order valence-electron chi connectivity index (χ3n) is 2.24. The molecule has 2 heterocycles. The molecule has 15 heavy (non-hydrogen) atoms. The van der Waals surface area contributed by atoms with E-state index < -0.39 is 0 Å². The van der Waals surface area contributed by atoms with Crippen molar-refractivity contribution in [2.45, 2.75) is 12.8 Å². The first-order valence-electron chi connectivity index (χ1n) is 4.37. The Balaban J connectivity index is 2.91. The molecule has 0 amide bonds. The molecule has 0 aliphatic heterocycles. The average Bonchev–Trinajstić information content (AvgIpc) is 2.24. The summed E-state index contributed by atoms with van der Waals surface area (Å²) in [5, 5.41) is 0.504. The van der Waals surface area contributed by atoms with Crippen LogP contribution in [-0.2, 0) is 5.88 Å². The summed E-state index contributed by atoms with van der Waals surface area (Å²) >= 11 is 11.5. The van der Waals surface area contributed by atoms with E-state index in [-0.39, 0.29) is 11.4 Å². The van der Waals surface area contributed by atoms with Crippen LogP contribution in [0.25, 0.3) is 5.65 Å². The van der Waals surface area contributed by atoms with Crippen LogP contribution < -0.4 is 5.56 Å². The molecule has 0 saturated carbocycles. The van der Waals surface area contributed by atoms with E-state index in [0.717, 1.165) is 0 Å². The fraction of sp³-hybridized carbons (Fsp3) is 0.200. The van der Waals surface area contributed by atoms with Crippen LogP contribution in [0.5, 0.6) is 0 Å². The second-order valence-electron chi connectivity index (χ2n) is 3.20. The lowest BCUT2D eigenvalue weighted by atomic mass is 10.2. The zero-order valence-electron chi connectivity index (χ0n) is 8.00. The van der Waals surface area contributed by atoms with Gasteiger partial charge in [0.15, 0.2) is 0 Å². The van der Waals surface area contributed by atoms with Crippen molar-refractivity contribution in [1.82, 2.24) is 9.38 Å². The Morgan fingerprint density at radius 1 is 1.47 bits per heavy atom. The van der Waals surface area contributed by atoms with Gasteiger partial charge in [-0.25, -0.2) is 4.98 Å². The summed E-state index contributed by atoms with van der Waals surface area (Å²) in [5.74, 6) is 0.236. The van der Waals surface area contributed by atoms with Gasteiger partial charge in [0.1, 0.15) is 5.65 Å². The Morgan fingerprint density at radius 2 is 2.20 bits per heavy atom. The zero-order chi connectivity index (χ0) is 11.0. The number of pyridine rings is 1. The average molecular weight is 243 g/mol.